The fraction of sp³-hybridized carbons (Fsp3) is 0.111. The van der Waals surface area contributed by atoms with Gasteiger partial charge in [0.25, 0.3) is 0 Å². The minimum atomic E-state index is -5.84. The Morgan fingerprint density at radius 1 is 1.18 bits per heavy atom. The predicted molar refractivity (Wildman–Crippen MR) is 50.3 cm³/mol. The van der Waals surface area contributed by atoms with E-state index in [4.69, 9.17) is 19.4 Å². The molecule has 1 rings (SSSR count). The molecule has 8 heteroatoms. The molecule has 0 heterocycles. The van der Waals surface area contributed by atoms with E-state index in [-0.39, 0.29) is 19.5 Å². The molecule has 90 valence electrons. The number of hydrogen-bond acceptors (Lipinski definition) is 2. The number of hydrogen-bond donors (Lipinski definition) is 1. The third-order valence-electron chi connectivity index (χ3n) is 1.21. The van der Waals surface area contributed by atoms with Gasteiger partial charge in [-0.15, -0.1) is 17.7 Å². The van der Waals surface area contributed by atoms with E-state index in [1.54, 1.807) is 0 Å². The molecule has 0 aliphatic heterocycles. The van der Waals surface area contributed by atoms with Crippen molar-refractivity contribution in [2.24, 2.45) is 0 Å². The van der Waals surface area contributed by atoms with Crippen LogP contribution in [0.3, 0.4) is 0 Å². The maximum absolute atomic E-state index is 10.7. The van der Waals surface area contributed by atoms with Crippen molar-refractivity contribution >= 4 is 10.1 Å². The zero-order chi connectivity index (χ0) is 12.8. The summed E-state index contributed by atoms with van der Waals surface area (Å²) in [6, 6.07) is 9.37. The van der Waals surface area contributed by atoms with Gasteiger partial charge in [0, 0.05) is 19.5 Å². The molecule has 0 amide bonds. The largest absolute Gasteiger partial charge is 0.522 e. The Kier molecular flexibility index (Phi) is 8.08. The van der Waals surface area contributed by atoms with Crippen molar-refractivity contribution in [1.82, 2.24) is 0 Å². The topological polar surface area (TPSA) is 54.4 Å². The smallest absolute Gasteiger partial charge is 0.366 e. The van der Waals surface area contributed by atoms with Gasteiger partial charge in [-0.05, 0) is 0 Å². The van der Waals surface area contributed by atoms with E-state index >= 15 is 0 Å². The zero-order valence-electron chi connectivity index (χ0n) is 8.40. The first-order valence-electron chi connectivity index (χ1n) is 3.70. The van der Waals surface area contributed by atoms with Gasteiger partial charge in [-0.3, -0.25) is 10.5 Å². The van der Waals surface area contributed by atoms with Crippen LogP contribution in [-0.2, 0) is 29.6 Å². The molecule has 0 fully saturated rings. The molecule has 0 atom stereocenters. The van der Waals surface area contributed by atoms with E-state index in [2.05, 4.69) is 5.92 Å². The van der Waals surface area contributed by atoms with Crippen LogP contribution in [0.4, 0.5) is 13.2 Å². The van der Waals surface area contributed by atoms with Gasteiger partial charge in [0.05, 0.1) is 0 Å². The molecular weight excluding hydrogens is 311 g/mol. The number of benzene rings is 1. The normalized spacial score (nSPS) is 10.3. The first-order valence-corrected chi connectivity index (χ1v) is 5.14. The second-order valence-corrected chi connectivity index (χ2v) is 3.82. The molecule has 0 aromatic heterocycles. The molecule has 1 aromatic rings. The Morgan fingerprint density at radius 2 is 1.53 bits per heavy atom. The molecule has 0 radical (unpaired) electrons. The Hall–Kier alpha value is -0.897. The van der Waals surface area contributed by atoms with Gasteiger partial charge in [-0.25, -0.2) is 0 Å². The van der Waals surface area contributed by atoms with Crippen molar-refractivity contribution in [2.75, 3.05) is 0 Å². The molecule has 0 saturated heterocycles. The maximum Gasteiger partial charge on any atom is 0.522 e. The first kappa shape index (κ1) is 18.5. The summed E-state index contributed by atoms with van der Waals surface area (Å²) >= 11 is 0. The molecule has 0 bridgehead atoms. The van der Waals surface area contributed by atoms with Crippen molar-refractivity contribution in [3.05, 3.63) is 42.3 Å². The quantitative estimate of drug-likeness (QED) is 0.262. The molecule has 3 nitrogen and oxygen atoms in total. The Bertz CT molecular complexity index is 462. The first-order chi connectivity index (χ1) is 7.18. The molecule has 0 aliphatic carbocycles. The van der Waals surface area contributed by atoms with E-state index in [1.807, 2.05) is 30.3 Å². The van der Waals surface area contributed by atoms with Gasteiger partial charge in [0.15, 0.2) is 0 Å². The molecule has 0 unspecified atom stereocenters. The summed E-state index contributed by atoms with van der Waals surface area (Å²) in [5, 5.41) is 0. The van der Waals surface area contributed by atoms with Crippen LogP contribution in [-0.4, -0.2) is 18.5 Å². The fourth-order valence-electron chi connectivity index (χ4n) is 0.521. The van der Waals surface area contributed by atoms with Crippen LogP contribution in [0.2, 0.25) is 0 Å². The molecule has 1 N–H and O–H groups in total. The van der Waals surface area contributed by atoms with Gasteiger partial charge in [-0.2, -0.15) is 21.6 Å². The Labute approximate surface area is 110 Å². The number of rotatable bonds is 0. The van der Waals surface area contributed by atoms with Crippen molar-refractivity contribution in [3.63, 3.8) is 0 Å². The van der Waals surface area contributed by atoms with Crippen molar-refractivity contribution < 1.29 is 45.6 Å². The van der Waals surface area contributed by atoms with Crippen LogP contribution in [0.25, 0.3) is 0 Å². The van der Waals surface area contributed by atoms with Crippen LogP contribution in [0.15, 0.2) is 30.3 Å². The van der Waals surface area contributed by atoms with E-state index in [9.17, 15) is 13.2 Å². The molecule has 17 heavy (non-hydrogen) atoms. The maximum atomic E-state index is 10.7. The van der Waals surface area contributed by atoms with Gasteiger partial charge in [-0.1, -0.05) is 18.2 Å². The van der Waals surface area contributed by atoms with Crippen LogP contribution in [0.5, 0.6) is 0 Å². The van der Waals surface area contributed by atoms with Crippen LogP contribution < -0.4 is 0 Å². The van der Waals surface area contributed by atoms with Crippen molar-refractivity contribution in [3.8, 4) is 5.92 Å². The molecule has 0 saturated carbocycles. The van der Waals surface area contributed by atoms with Crippen LogP contribution in [0.1, 0.15) is 5.56 Å². The second kappa shape index (κ2) is 7.43. The Morgan fingerprint density at radius 3 is 1.71 bits per heavy atom. The summed E-state index contributed by atoms with van der Waals surface area (Å²) in [5.74, 6) is 2.28. The molecule has 0 aliphatic rings. The van der Waals surface area contributed by atoms with Crippen LogP contribution in [0, 0.1) is 12.3 Å². The zero-order valence-corrected chi connectivity index (χ0v) is 12.2. The summed E-state index contributed by atoms with van der Waals surface area (Å²) in [6.07, 6.45) is 6.69. The number of halogens is 3. The van der Waals surface area contributed by atoms with Gasteiger partial charge in [0.2, 0.25) is 0 Å². The summed E-state index contributed by atoms with van der Waals surface area (Å²) in [6.45, 7) is 0. The van der Waals surface area contributed by atoms with Crippen molar-refractivity contribution in [1.29, 1.82) is 0 Å². The Balaban J connectivity index is 0. The number of alkyl halides is 3. The fourth-order valence-corrected chi connectivity index (χ4v) is 0.521. The standard InChI is InChI=1S/C8H5.CHF3O3S.Zn/c1-2-8-6-4-3-5-7-8;2-1(3,4)8(5,6)7;/h3-7H;(H,5,6,7);/q-1;;. The average Bonchev–Trinajstić information content (AvgIpc) is 2.17. The molecular formula is C9H6F3O3SZn-. The monoisotopic (exact) mass is 315 g/mol. The summed E-state index contributed by atoms with van der Waals surface area (Å²) in [7, 11) is -5.84. The van der Waals surface area contributed by atoms with E-state index in [0.717, 1.165) is 5.56 Å². The van der Waals surface area contributed by atoms with Gasteiger partial charge in [0.1, 0.15) is 0 Å². The summed E-state index contributed by atoms with van der Waals surface area (Å²) in [4.78, 5) is 0. The molecule has 1 aromatic carbocycles. The van der Waals surface area contributed by atoms with E-state index in [0.29, 0.717) is 0 Å². The van der Waals surface area contributed by atoms with Crippen LogP contribution >= 0.6 is 0 Å². The van der Waals surface area contributed by atoms with Crippen molar-refractivity contribution in [2.45, 2.75) is 5.51 Å². The van der Waals surface area contributed by atoms with E-state index < -0.39 is 15.6 Å². The van der Waals surface area contributed by atoms with Gasteiger partial charge < -0.3 is 6.42 Å². The van der Waals surface area contributed by atoms with E-state index in [1.165, 1.54) is 0 Å². The molecule has 0 spiro atoms. The second-order valence-electron chi connectivity index (χ2n) is 2.41. The third kappa shape index (κ3) is 7.91. The minimum Gasteiger partial charge on any atom is -0.366 e. The SMILES string of the molecule is O=S(=O)(O)C(F)(F)F.[C-]#Cc1ccccc1.[Zn]. The predicted octanol–water partition coefficient (Wildman–Crippen LogP) is 2.02. The third-order valence-corrected chi connectivity index (χ3v) is 1.80. The average molecular weight is 317 g/mol. The minimum absolute atomic E-state index is 0. The summed E-state index contributed by atoms with van der Waals surface area (Å²) in [5.41, 5.74) is -4.71. The van der Waals surface area contributed by atoms with Gasteiger partial charge >= 0.3 is 15.6 Å². The summed E-state index contributed by atoms with van der Waals surface area (Å²) < 4.78 is 57.5.